The van der Waals surface area contributed by atoms with Crippen LogP contribution in [0.5, 0.6) is 0 Å². The standard InChI is InChI=1S/C22H20.C20H14O.C20H14.C18H12/c1-3-15(2)16-12-13-21-19-10-5-4-8-17(19)18-9-6-7-11-20(18)22(21)14-16;1-13(21)14-10-11-19-17-8-3-2-6-15(17)16-7-4-5-9-18(16)20(19)12-14;1-2-14-11-12-19-17-9-4-3-7-15(17)16-8-5-6-10-18(16)20(19)13-14;1-2-8-14-13(7-1)15-9-3-4-11-17(15)18-12-6-5-10-16(14)18/h4-15H,3H2,1-2H3;2-12H,1H3;2-13H,1H2;1-12H. The van der Waals surface area contributed by atoms with E-state index in [1.54, 1.807) is 6.92 Å². The molecule has 0 heterocycles. The van der Waals surface area contributed by atoms with E-state index < -0.39 is 0 Å². The zero-order valence-corrected chi connectivity index (χ0v) is 46.0. The molecule has 1 unspecified atom stereocenters. The summed E-state index contributed by atoms with van der Waals surface area (Å²) in [4.78, 5) is 11.7. The van der Waals surface area contributed by atoms with E-state index in [-0.39, 0.29) is 5.78 Å². The fourth-order valence-electron chi connectivity index (χ4n) is 12.5. The van der Waals surface area contributed by atoms with Gasteiger partial charge in [0.2, 0.25) is 0 Å². The Balaban J connectivity index is 0.000000102. The Kier molecular flexibility index (Phi) is 13.5. The summed E-state index contributed by atoms with van der Waals surface area (Å²) < 4.78 is 0. The van der Waals surface area contributed by atoms with Crippen molar-refractivity contribution in [3.63, 3.8) is 0 Å². The highest BCUT2D eigenvalue weighted by Crippen LogP contribution is 2.40. The predicted molar refractivity (Wildman–Crippen MR) is 355 cm³/mol. The summed E-state index contributed by atoms with van der Waals surface area (Å²) in [6.07, 6.45) is 3.08. The van der Waals surface area contributed by atoms with Crippen molar-refractivity contribution >= 4 is 141 Å². The van der Waals surface area contributed by atoms with E-state index in [0.29, 0.717) is 5.92 Å². The molecule has 16 rings (SSSR count). The van der Waals surface area contributed by atoms with Crippen LogP contribution in [0.1, 0.15) is 54.6 Å². The van der Waals surface area contributed by atoms with E-state index in [1.165, 1.54) is 136 Å². The molecule has 0 N–H and O–H groups in total. The molecule has 0 amide bonds. The van der Waals surface area contributed by atoms with Gasteiger partial charge in [-0.1, -0.05) is 287 Å². The molecule has 0 aliphatic rings. The molecule has 0 bridgehead atoms. The van der Waals surface area contributed by atoms with Gasteiger partial charge < -0.3 is 0 Å². The summed E-state index contributed by atoms with van der Waals surface area (Å²) in [6.45, 7) is 10.1. The summed E-state index contributed by atoms with van der Waals surface area (Å²) in [6, 6.07) is 97.2. The average Bonchev–Trinajstić information content (AvgIpc) is 3.69. The Morgan fingerprint density at radius 2 is 0.531 bits per heavy atom. The van der Waals surface area contributed by atoms with Gasteiger partial charge >= 0.3 is 0 Å². The van der Waals surface area contributed by atoms with Crippen molar-refractivity contribution in [1.82, 2.24) is 0 Å². The van der Waals surface area contributed by atoms with Crippen LogP contribution in [-0.4, -0.2) is 5.78 Å². The maximum atomic E-state index is 11.7. The SMILES string of the molecule is C=Cc1ccc2c3ccccc3c3ccccc3c2c1.CC(=O)c1ccc2c3ccccc3c3ccccc3c2c1.CCC(C)c1ccc2c3ccccc3c3ccccc3c2c1.c1ccc2c(c1)c1ccccc1c1ccccc21. The van der Waals surface area contributed by atoms with Crippen LogP contribution in [0.4, 0.5) is 0 Å². The van der Waals surface area contributed by atoms with Gasteiger partial charge in [0.1, 0.15) is 0 Å². The first-order chi connectivity index (χ1) is 39.9. The van der Waals surface area contributed by atoms with Crippen LogP contribution in [0, 0.1) is 0 Å². The molecule has 0 saturated carbocycles. The van der Waals surface area contributed by atoms with Crippen molar-refractivity contribution in [1.29, 1.82) is 0 Å². The zero-order chi connectivity index (χ0) is 55.0. The molecule has 0 spiro atoms. The Labute approximate surface area is 472 Å². The molecule has 1 heteroatoms. The molecule has 0 aromatic heterocycles. The minimum absolute atomic E-state index is 0.106. The van der Waals surface area contributed by atoms with Crippen LogP contribution in [-0.2, 0) is 0 Å². The van der Waals surface area contributed by atoms with Gasteiger partial charge in [0, 0.05) is 5.56 Å². The lowest BCUT2D eigenvalue weighted by Gasteiger charge is -2.14. The third-order valence-electron chi connectivity index (χ3n) is 16.8. The maximum absolute atomic E-state index is 11.7. The number of Topliss-reactive ketones (excluding diaryl/α,β-unsaturated/α-hetero) is 1. The van der Waals surface area contributed by atoms with Gasteiger partial charge in [-0.25, -0.2) is 0 Å². The molecular formula is C80H60O. The molecule has 1 nitrogen and oxygen atoms in total. The van der Waals surface area contributed by atoms with E-state index >= 15 is 0 Å². The highest BCUT2D eigenvalue weighted by atomic mass is 16.1. The fraction of sp³-hybridized carbons (Fsp3) is 0.0625. The van der Waals surface area contributed by atoms with Gasteiger partial charge in [0.15, 0.2) is 5.78 Å². The lowest BCUT2D eigenvalue weighted by molar-refractivity contribution is 0.101. The largest absolute Gasteiger partial charge is 0.295 e. The van der Waals surface area contributed by atoms with Crippen molar-refractivity contribution in [2.24, 2.45) is 0 Å². The molecule has 0 aliphatic heterocycles. The van der Waals surface area contributed by atoms with Gasteiger partial charge in [0.25, 0.3) is 0 Å². The van der Waals surface area contributed by atoms with Crippen molar-refractivity contribution in [3.8, 4) is 0 Å². The number of benzene rings is 16. The number of rotatable bonds is 4. The van der Waals surface area contributed by atoms with Gasteiger partial charge in [-0.15, -0.1) is 0 Å². The molecule has 0 fully saturated rings. The third kappa shape index (κ3) is 9.17. The number of carbonyl (C=O) groups excluding carboxylic acids is 1. The Morgan fingerprint density at radius 1 is 0.309 bits per heavy atom. The lowest BCUT2D eigenvalue weighted by atomic mass is 9.90. The second-order valence-corrected chi connectivity index (χ2v) is 21.4. The van der Waals surface area contributed by atoms with Crippen LogP contribution in [0.25, 0.3) is 135 Å². The highest BCUT2D eigenvalue weighted by Gasteiger charge is 2.13. The molecular weight excluding hydrogens is 977 g/mol. The van der Waals surface area contributed by atoms with Gasteiger partial charge in [-0.2, -0.15) is 0 Å². The average molecular weight is 1040 g/mol. The van der Waals surface area contributed by atoms with Crippen LogP contribution >= 0.6 is 0 Å². The normalized spacial score (nSPS) is 11.7. The first-order valence-corrected chi connectivity index (χ1v) is 28.3. The second-order valence-electron chi connectivity index (χ2n) is 21.4. The number of carbonyl (C=O) groups is 1. The smallest absolute Gasteiger partial charge is 0.159 e. The second kappa shape index (κ2) is 21.7. The number of hydrogen-bond donors (Lipinski definition) is 0. The van der Waals surface area contributed by atoms with Crippen LogP contribution in [0.15, 0.2) is 280 Å². The summed E-state index contributed by atoms with van der Waals surface area (Å²) >= 11 is 0. The van der Waals surface area contributed by atoms with Gasteiger partial charge in [-0.3, -0.25) is 4.79 Å². The summed E-state index contributed by atoms with van der Waals surface area (Å²) in [5, 5.41) is 31.4. The van der Waals surface area contributed by atoms with Crippen LogP contribution in [0.2, 0.25) is 0 Å². The van der Waals surface area contributed by atoms with Crippen molar-refractivity contribution in [3.05, 3.63) is 296 Å². The number of hydrogen-bond acceptors (Lipinski definition) is 1. The Morgan fingerprint density at radius 3 is 0.790 bits per heavy atom. The predicted octanol–water partition coefficient (Wildman–Crippen LogP) is 22.9. The monoisotopic (exact) mass is 1040 g/mol. The maximum Gasteiger partial charge on any atom is 0.159 e. The molecule has 0 saturated heterocycles. The summed E-state index contributed by atoms with van der Waals surface area (Å²) in [5.74, 6) is 0.712. The molecule has 16 aromatic rings. The first-order valence-electron chi connectivity index (χ1n) is 28.3. The van der Waals surface area contributed by atoms with Crippen molar-refractivity contribution in [2.75, 3.05) is 0 Å². The first kappa shape index (κ1) is 50.5. The van der Waals surface area contributed by atoms with Gasteiger partial charge in [-0.05, 0) is 172 Å². The fourth-order valence-corrected chi connectivity index (χ4v) is 12.5. The minimum Gasteiger partial charge on any atom is -0.295 e. The number of fused-ring (bicyclic) bond motifs is 24. The quantitative estimate of drug-likeness (QED) is 0.127. The lowest BCUT2D eigenvalue weighted by Crippen LogP contribution is -1.92. The molecule has 1 atom stereocenters. The summed E-state index contributed by atoms with van der Waals surface area (Å²) in [7, 11) is 0. The van der Waals surface area contributed by atoms with E-state index in [4.69, 9.17) is 0 Å². The van der Waals surface area contributed by atoms with Crippen molar-refractivity contribution < 1.29 is 4.79 Å². The molecule has 81 heavy (non-hydrogen) atoms. The van der Waals surface area contributed by atoms with E-state index in [2.05, 4.69) is 281 Å². The minimum atomic E-state index is 0.106. The van der Waals surface area contributed by atoms with E-state index in [1.807, 2.05) is 18.2 Å². The van der Waals surface area contributed by atoms with Crippen LogP contribution in [0.3, 0.4) is 0 Å². The van der Waals surface area contributed by atoms with Crippen molar-refractivity contribution in [2.45, 2.75) is 33.1 Å². The Hall–Kier alpha value is -9.95. The molecule has 16 aromatic carbocycles. The van der Waals surface area contributed by atoms with Gasteiger partial charge in [0.05, 0.1) is 0 Å². The third-order valence-corrected chi connectivity index (χ3v) is 16.8. The summed E-state index contributed by atoms with van der Waals surface area (Å²) in [5.41, 5.74) is 3.37. The van der Waals surface area contributed by atoms with E-state index in [9.17, 15) is 4.79 Å². The van der Waals surface area contributed by atoms with E-state index in [0.717, 1.165) is 16.5 Å². The highest BCUT2D eigenvalue weighted by molar-refractivity contribution is 6.29. The molecule has 0 radical (unpaired) electrons. The number of ketones is 1. The molecule has 386 valence electrons. The van der Waals surface area contributed by atoms with Crippen LogP contribution < -0.4 is 0 Å². The topological polar surface area (TPSA) is 17.1 Å². The zero-order valence-electron chi connectivity index (χ0n) is 46.0. The molecule has 0 aliphatic carbocycles. The Bertz CT molecular complexity index is 4790.